The quantitative estimate of drug-likeness (QED) is 0.252. The van der Waals surface area contributed by atoms with E-state index < -0.39 is 12.2 Å². The Labute approximate surface area is 282 Å². The van der Waals surface area contributed by atoms with E-state index in [1.807, 2.05) is 30.3 Å². The Bertz CT molecular complexity index is 1450. The molecule has 5 aliphatic rings. The summed E-state index contributed by atoms with van der Waals surface area (Å²) >= 11 is 0. The molecule has 0 bridgehead atoms. The van der Waals surface area contributed by atoms with Crippen LogP contribution in [0.15, 0.2) is 42.0 Å². The lowest BCUT2D eigenvalue weighted by Gasteiger charge is -2.71. The molecule has 4 fully saturated rings. The van der Waals surface area contributed by atoms with Gasteiger partial charge in [0.15, 0.2) is 0 Å². The number of amides is 2. The second kappa shape index (κ2) is 11.4. The van der Waals surface area contributed by atoms with Gasteiger partial charge in [0.25, 0.3) is 0 Å². The summed E-state index contributed by atoms with van der Waals surface area (Å²) in [6.45, 7) is 19.7. The zero-order valence-corrected chi connectivity index (χ0v) is 30.3. The second-order valence-corrected chi connectivity index (χ2v) is 18.0. The summed E-state index contributed by atoms with van der Waals surface area (Å²) in [5.74, 6) is 0.335. The van der Waals surface area contributed by atoms with Gasteiger partial charge in [-0.15, -0.1) is 0 Å². The zero-order chi connectivity index (χ0) is 34.2. The van der Waals surface area contributed by atoms with Crippen LogP contribution in [0.1, 0.15) is 120 Å². The summed E-state index contributed by atoms with van der Waals surface area (Å²) in [6, 6.07) is 9.62. The second-order valence-electron chi connectivity index (χ2n) is 18.0. The number of hydrogen-bond acceptors (Lipinski definition) is 5. The van der Waals surface area contributed by atoms with Gasteiger partial charge in [-0.2, -0.15) is 0 Å². The van der Waals surface area contributed by atoms with Gasteiger partial charge < -0.3 is 20.1 Å². The molecular formula is C40H58N2O5. The van der Waals surface area contributed by atoms with Crippen molar-refractivity contribution in [2.45, 2.75) is 138 Å². The molecule has 5 aliphatic carbocycles. The maximum atomic E-state index is 13.6. The summed E-state index contributed by atoms with van der Waals surface area (Å²) in [5.41, 5.74) is 1.86. The lowest BCUT2D eigenvalue weighted by molar-refractivity contribution is -0.243. The number of carbonyl (C=O) groups excluding carboxylic acids is 3. The summed E-state index contributed by atoms with van der Waals surface area (Å²) in [7, 11) is 0. The van der Waals surface area contributed by atoms with E-state index in [0.717, 1.165) is 57.1 Å². The molecule has 7 nitrogen and oxygen atoms in total. The highest BCUT2D eigenvalue weighted by Gasteiger charge is 2.70. The number of esters is 2. The van der Waals surface area contributed by atoms with Crippen molar-refractivity contribution in [3.8, 4) is 0 Å². The van der Waals surface area contributed by atoms with E-state index in [0.29, 0.717) is 18.3 Å². The van der Waals surface area contributed by atoms with Crippen molar-refractivity contribution in [1.82, 2.24) is 5.32 Å². The maximum absolute atomic E-state index is 13.6. The summed E-state index contributed by atoms with van der Waals surface area (Å²) < 4.78 is 12.0. The van der Waals surface area contributed by atoms with E-state index in [1.165, 1.54) is 13.8 Å². The number of ether oxygens (including phenoxy) is 2. The molecule has 0 heterocycles. The van der Waals surface area contributed by atoms with Gasteiger partial charge in [0.1, 0.15) is 12.2 Å². The Morgan fingerprint density at radius 3 is 2.11 bits per heavy atom. The standard InChI is InChI=1S/C40H58N2O5/c1-25(43)46-30-24-37(7)31(36(5,6)33(30)47-26(2)44)17-18-39(9)32(37)16-15-28-29-23-35(3,4)19-21-40(29,22-20-38(28,39)8)42-34(45)41-27-13-11-10-12-14-27/h10-15,29-33H,16-24H2,1-9H3,(H2,41,42,45)/t29-,30-,31-,32+,33-,37-,38+,39+,40-/m0/s1. The van der Waals surface area contributed by atoms with Gasteiger partial charge in [-0.05, 0) is 103 Å². The van der Waals surface area contributed by atoms with Crippen molar-refractivity contribution >= 4 is 23.7 Å². The van der Waals surface area contributed by atoms with E-state index in [-0.39, 0.29) is 56.5 Å². The number of benzene rings is 1. The van der Waals surface area contributed by atoms with Crippen molar-refractivity contribution in [3.63, 3.8) is 0 Å². The fourth-order valence-corrected chi connectivity index (χ4v) is 12.2. The van der Waals surface area contributed by atoms with Crippen LogP contribution in [0.25, 0.3) is 0 Å². The highest BCUT2D eigenvalue weighted by molar-refractivity contribution is 5.89. The minimum atomic E-state index is -0.473. The third kappa shape index (κ3) is 5.42. The monoisotopic (exact) mass is 646 g/mol. The van der Waals surface area contributed by atoms with Gasteiger partial charge in [0, 0.05) is 36.4 Å². The molecule has 0 aliphatic heterocycles. The summed E-state index contributed by atoms with van der Waals surface area (Å²) in [6.07, 6.45) is 10.6. The molecule has 9 atom stereocenters. The molecule has 47 heavy (non-hydrogen) atoms. The Morgan fingerprint density at radius 2 is 1.45 bits per heavy atom. The number of anilines is 1. The van der Waals surface area contributed by atoms with Crippen LogP contribution in [0, 0.1) is 44.8 Å². The van der Waals surface area contributed by atoms with Crippen molar-refractivity contribution in [2.24, 2.45) is 44.8 Å². The Morgan fingerprint density at radius 1 is 0.787 bits per heavy atom. The van der Waals surface area contributed by atoms with Crippen molar-refractivity contribution < 1.29 is 23.9 Å². The molecule has 0 radical (unpaired) electrons. The molecule has 0 spiro atoms. The first-order valence-corrected chi connectivity index (χ1v) is 18.1. The number of carbonyl (C=O) groups is 3. The maximum Gasteiger partial charge on any atom is 0.319 e. The van der Waals surface area contributed by atoms with Crippen LogP contribution in [-0.2, 0) is 19.1 Å². The molecule has 4 saturated carbocycles. The predicted octanol–water partition coefficient (Wildman–Crippen LogP) is 8.84. The van der Waals surface area contributed by atoms with Gasteiger partial charge in [-0.1, -0.05) is 78.3 Å². The van der Waals surface area contributed by atoms with E-state index in [1.54, 1.807) is 5.57 Å². The lowest BCUT2D eigenvalue weighted by atomic mass is 9.34. The number of allylic oxidation sites excluding steroid dienone is 1. The number of rotatable bonds is 4. The smallest absolute Gasteiger partial charge is 0.319 e. The summed E-state index contributed by atoms with van der Waals surface area (Å²) in [5, 5.41) is 6.69. The minimum Gasteiger partial charge on any atom is -0.459 e. The molecular weight excluding hydrogens is 588 g/mol. The largest absolute Gasteiger partial charge is 0.459 e. The molecule has 6 rings (SSSR count). The minimum absolute atomic E-state index is 0.0170. The van der Waals surface area contributed by atoms with Gasteiger partial charge in [0.05, 0.1) is 0 Å². The SMILES string of the molecule is CC(=O)O[C@H]1C[C@]2(C)[C@H]3CC=C4[C@@H]5CC(C)(C)CC[C@]5(NC(=O)Nc5ccccc5)CC[C@@]4(C)[C@]3(C)CC[C@H]2C(C)(C)[C@H]1OC(C)=O. The van der Waals surface area contributed by atoms with E-state index >= 15 is 0 Å². The van der Waals surface area contributed by atoms with Crippen LogP contribution in [0.5, 0.6) is 0 Å². The molecule has 7 heteroatoms. The predicted molar refractivity (Wildman–Crippen MR) is 184 cm³/mol. The molecule has 2 amide bonds. The fraction of sp³-hybridized carbons (Fsp3) is 0.725. The van der Waals surface area contributed by atoms with Gasteiger partial charge in [-0.3, -0.25) is 9.59 Å². The molecule has 0 saturated heterocycles. The molecule has 0 unspecified atom stereocenters. The normalized spacial score (nSPS) is 41.4. The van der Waals surface area contributed by atoms with Crippen molar-refractivity contribution in [2.75, 3.05) is 5.32 Å². The number of nitrogens with one attached hydrogen (secondary N) is 2. The van der Waals surface area contributed by atoms with E-state index in [9.17, 15) is 14.4 Å². The zero-order valence-electron chi connectivity index (χ0n) is 30.3. The fourth-order valence-electron chi connectivity index (χ4n) is 12.2. The average Bonchev–Trinajstić information content (AvgIpc) is 2.96. The highest BCUT2D eigenvalue weighted by Crippen LogP contribution is 2.75. The van der Waals surface area contributed by atoms with Crippen LogP contribution in [0.4, 0.5) is 10.5 Å². The molecule has 258 valence electrons. The molecule has 1 aromatic rings. The number of fused-ring (bicyclic) bond motifs is 7. The average molecular weight is 647 g/mol. The molecule has 2 N–H and O–H groups in total. The third-order valence-corrected chi connectivity index (χ3v) is 14.5. The Hall–Kier alpha value is -2.83. The first-order chi connectivity index (χ1) is 21.9. The summed E-state index contributed by atoms with van der Waals surface area (Å²) in [4.78, 5) is 38.3. The Kier molecular flexibility index (Phi) is 8.24. The number of urea groups is 1. The molecule has 1 aromatic carbocycles. The Balaban J connectivity index is 1.37. The van der Waals surface area contributed by atoms with Gasteiger partial charge >= 0.3 is 18.0 Å². The van der Waals surface area contributed by atoms with Crippen LogP contribution in [-0.4, -0.2) is 35.7 Å². The van der Waals surface area contributed by atoms with E-state index in [2.05, 4.69) is 65.2 Å². The highest BCUT2D eigenvalue weighted by atomic mass is 16.6. The van der Waals surface area contributed by atoms with Gasteiger partial charge in [-0.25, -0.2) is 4.79 Å². The van der Waals surface area contributed by atoms with E-state index in [4.69, 9.17) is 9.47 Å². The van der Waals surface area contributed by atoms with Crippen LogP contribution in [0.3, 0.4) is 0 Å². The first kappa shape index (κ1) is 34.0. The molecule has 0 aromatic heterocycles. The topological polar surface area (TPSA) is 93.7 Å². The van der Waals surface area contributed by atoms with Crippen molar-refractivity contribution in [1.29, 1.82) is 0 Å². The van der Waals surface area contributed by atoms with Crippen LogP contribution >= 0.6 is 0 Å². The third-order valence-electron chi connectivity index (χ3n) is 14.5. The van der Waals surface area contributed by atoms with Crippen molar-refractivity contribution in [3.05, 3.63) is 42.0 Å². The van der Waals surface area contributed by atoms with Gasteiger partial charge in [0.2, 0.25) is 0 Å². The van der Waals surface area contributed by atoms with Crippen LogP contribution in [0.2, 0.25) is 0 Å². The number of hydrogen-bond donors (Lipinski definition) is 2. The van der Waals surface area contributed by atoms with Crippen LogP contribution < -0.4 is 10.6 Å². The lowest BCUT2D eigenvalue weighted by Crippen LogP contribution is -2.69. The number of para-hydroxylation sites is 1. The first-order valence-electron chi connectivity index (χ1n) is 18.1.